The molecule has 1 heterocycles. The number of nitrogens with zero attached hydrogens (tertiary/aromatic N) is 1. The van der Waals surface area contributed by atoms with Crippen LogP contribution in [0.15, 0.2) is 12.3 Å². The van der Waals surface area contributed by atoms with Crippen LogP contribution in [0, 0.1) is 6.92 Å². The average Bonchev–Trinajstić information content (AvgIpc) is 2.17. The number of hydrogen-bond donors (Lipinski definition) is 2. The van der Waals surface area contributed by atoms with Crippen LogP contribution in [0.4, 0.5) is 10.6 Å². The third-order valence-corrected chi connectivity index (χ3v) is 1.94. The third kappa shape index (κ3) is 4.04. The van der Waals surface area contributed by atoms with Crippen molar-refractivity contribution >= 4 is 17.9 Å². The Bertz CT molecular complexity index is 477. The van der Waals surface area contributed by atoms with Crippen LogP contribution < -0.4 is 5.32 Å². The number of carbonyl (C=O) groups is 2. The minimum atomic E-state index is -1.06. The smallest absolute Gasteiger partial charge is 0.413 e. The highest BCUT2D eigenvalue weighted by molar-refractivity contribution is 5.89. The van der Waals surface area contributed by atoms with Crippen LogP contribution in [-0.2, 0) is 4.74 Å². The van der Waals surface area contributed by atoms with E-state index in [0.29, 0.717) is 5.56 Å². The minimum Gasteiger partial charge on any atom is -0.478 e. The summed E-state index contributed by atoms with van der Waals surface area (Å²) >= 11 is 0. The Hall–Kier alpha value is -2.11. The fourth-order valence-corrected chi connectivity index (χ4v) is 1.22. The molecule has 18 heavy (non-hydrogen) atoms. The fraction of sp³-hybridized carbons (Fsp3) is 0.417. The molecule has 0 radical (unpaired) electrons. The number of carboxylic acids is 1. The van der Waals surface area contributed by atoms with Crippen molar-refractivity contribution in [3.63, 3.8) is 0 Å². The summed E-state index contributed by atoms with van der Waals surface area (Å²) in [5.41, 5.74) is 0.0296. The van der Waals surface area contributed by atoms with Gasteiger partial charge in [0.1, 0.15) is 11.4 Å². The lowest BCUT2D eigenvalue weighted by molar-refractivity contribution is 0.0634. The van der Waals surface area contributed by atoms with E-state index in [-0.39, 0.29) is 11.4 Å². The van der Waals surface area contributed by atoms with Crippen molar-refractivity contribution in [3.05, 3.63) is 23.4 Å². The topological polar surface area (TPSA) is 88.5 Å². The highest BCUT2D eigenvalue weighted by Gasteiger charge is 2.17. The number of amides is 1. The standard InChI is InChI=1S/C12H16N2O4/c1-7-5-8(10(15)16)6-13-9(7)14-11(17)18-12(2,3)4/h5-6H,1-4H3,(H,15,16)(H,13,14,17). The predicted octanol–water partition coefficient (Wildman–Crippen LogP) is 2.44. The number of anilines is 1. The summed E-state index contributed by atoms with van der Waals surface area (Å²) in [4.78, 5) is 26.1. The quantitative estimate of drug-likeness (QED) is 0.843. The van der Waals surface area contributed by atoms with Crippen LogP contribution in [0.3, 0.4) is 0 Å². The first kappa shape index (κ1) is 14.0. The van der Waals surface area contributed by atoms with Crippen LogP contribution in [0.25, 0.3) is 0 Å². The number of ether oxygens (including phenoxy) is 1. The van der Waals surface area contributed by atoms with Crippen molar-refractivity contribution in [2.45, 2.75) is 33.3 Å². The van der Waals surface area contributed by atoms with E-state index in [1.54, 1.807) is 27.7 Å². The molecule has 6 heteroatoms. The van der Waals surface area contributed by atoms with E-state index in [0.717, 1.165) is 0 Å². The van der Waals surface area contributed by atoms with Crippen LogP contribution in [0.5, 0.6) is 0 Å². The van der Waals surface area contributed by atoms with Crippen LogP contribution >= 0.6 is 0 Å². The first-order valence-corrected chi connectivity index (χ1v) is 5.39. The van der Waals surface area contributed by atoms with Gasteiger partial charge in [0.05, 0.1) is 5.56 Å². The van der Waals surface area contributed by atoms with Gasteiger partial charge in [0, 0.05) is 6.20 Å². The summed E-state index contributed by atoms with van der Waals surface area (Å²) in [5.74, 6) is -0.774. The van der Waals surface area contributed by atoms with Crippen molar-refractivity contribution < 1.29 is 19.4 Å². The van der Waals surface area contributed by atoms with Crippen LogP contribution in [-0.4, -0.2) is 27.8 Å². The first-order chi connectivity index (χ1) is 8.19. The van der Waals surface area contributed by atoms with Crippen molar-refractivity contribution in [1.29, 1.82) is 0 Å². The second-order valence-electron chi connectivity index (χ2n) is 4.82. The van der Waals surface area contributed by atoms with E-state index < -0.39 is 17.7 Å². The predicted molar refractivity (Wildman–Crippen MR) is 65.8 cm³/mol. The Morgan fingerprint density at radius 1 is 1.39 bits per heavy atom. The summed E-state index contributed by atoms with van der Waals surface area (Å²) in [6.45, 7) is 6.91. The van der Waals surface area contributed by atoms with Crippen molar-refractivity contribution in [2.75, 3.05) is 5.32 Å². The molecule has 6 nitrogen and oxygen atoms in total. The molecule has 1 aromatic rings. The van der Waals surface area contributed by atoms with Crippen LogP contribution in [0.1, 0.15) is 36.7 Å². The van der Waals surface area contributed by atoms with Gasteiger partial charge in [-0.15, -0.1) is 0 Å². The summed E-state index contributed by atoms with van der Waals surface area (Å²) in [7, 11) is 0. The summed E-state index contributed by atoms with van der Waals surface area (Å²) in [6.07, 6.45) is 0.559. The molecule has 0 saturated carbocycles. The molecule has 0 aromatic carbocycles. The van der Waals surface area contributed by atoms with E-state index in [1.165, 1.54) is 12.3 Å². The van der Waals surface area contributed by atoms with E-state index in [2.05, 4.69) is 10.3 Å². The fourth-order valence-electron chi connectivity index (χ4n) is 1.22. The Morgan fingerprint density at radius 2 is 2.00 bits per heavy atom. The zero-order valence-electron chi connectivity index (χ0n) is 10.8. The lowest BCUT2D eigenvalue weighted by Crippen LogP contribution is -2.27. The average molecular weight is 252 g/mol. The van der Waals surface area contributed by atoms with Gasteiger partial charge in [0.15, 0.2) is 0 Å². The number of carboxylic acid groups (broad SMARTS) is 1. The summed E-state index contributed by atoms with van der Waals surface area (Å²) in [6, 6.07) is 1.43. The molecule has 0 aliphatic rings. The Morgan fingerprint density at radius 3 is 2.44 bits per heavy atom. The van der Waals surface area contributed by atoms with Gasteiger partial charge in [-0.25, -0.2) is 14.6 Å². The maximum Gasteiger partial charge on any atom is 0.413 e. The number of aromatic nitrogens is 1. The number of nitrogens with one attached hydrogen (secondary N) is 1. The van der Waals surface area contributed by atoms with E-state index in [4.69, 9.17) is 9.84 Å². The number of rotatable bonds is 2. The van der Waals surface area contributed by atoms with Crippen molar-refractivity contribution in [2.24, 2.45) is 0 Å². The molecule has 2 N–H and O–H groups in total. The summed E-state index contributed by atoms with van der Waals surface area (Å²) in [5, 5.41) is 11.3. The molecule has 0 bridgehead atoms. The molecular formula is C12H16N2O4. The second kappa shape index (κ2) is 5.03. The van der Waals surface area contributed by atoms with E-state index >= 15 is 0 Å². The van der Waals surface area contributed by atoms with Gasteiger partial charge in [0.25, 0.3) is 0 Å². The van der Waals surface area contributed by atoms with Gasteiger partial charge >= 0.3 is 12.1 Å². The number of carbonyl (C=O) groups excluding carboxylic acids is 1. The van der Waals surface area contributed by atoms with Crippen molar-refractivity contribution in [3.8, 4) is 0 Å². The molecule has 0 aliphatic carbocycles. The minimum absolute atomic E-state index is 0.0715. The Labute approximate surface area is 105 Å². The summed E-state index contributed by atoms with van der Waals surface area (Å²) < 4.78 is 5.07. The maximum absolute atomic E-state index is 11.5. The van der Waals surface area contributed by atoms with Gasteiger partial charge in [-0.3, -0.25) is 5.32 Å². The molecule has 1 amide bonds. The number of pyridine rings is 1. The lowest BCUT2D eigenvalue weighted by Gasteiger charge is -2.19. The zero-order chi connectivity index (χ0) is 13.9. The SMILES string of the molecule is Cc1cc(C(=O)O)cnc1NC(=O)OC(C)(C)C. The highest BCUT2D eigenvalue weighted by atomic mass is 16.6. The Kier molecular flexibility index (Phi) is 3.90. The molecule has 1 aromatic heterocycles. The molecule has 0 atom stereocenters. The molecule has 0 unspecified atom stereocenters. The normalized spacial score (nSPS) is 10.9. The highest BCUT2D eigenvalue weighted by Crippen LogP contribution is 2.15. The second-order valence-corrected chi connectivity index (χ2v) is 4.82. The molecular weight excluding hydrogens is 236 g/mol. The van der Waals surface area contributed by atoms with Crippen molar-refractivity contribution in [1.82, 2.24) is 4.98 Å². The molecule has 0 spiro atoms. The molecule has 0 aliphatic heterocycles. The van der Waals surface area contributed by atoms with Gasteiger partial charge in [-0.2, -0.15) is 0 Å². The monoisotopic (exact) mass is 252 g/mol. The van der Waals surface area contributed by atoms with Gasteiger partial charge < -0.3 is 9.84 Å². The van der Waals surface area contributed by atoms with Crippen LogP contribution in [0.2, 0.25) is 0 Å². The number of aromatic carboxylic acids is 1. The van der Waals surface area contributed by atoms with Gasteiger partial charge in [-0.1, -0.05) is 0 Å². The zero-order valence-corrected chi connectivity index (χ0v) is 10.8. The molecule has 0 saturated heterocycles. The Balaban J connectivity index is 2.80. The maximum atomic E-state index is 11.5. The number of aryl methyl sites for hydroxylation is 1. The van der Waals surface area contributed by atoms with E-state index in [1.807, 2.05) is 0 Å². The largest absolute Gasteiger partial charge is 0.478 e. The third-order valence-electron chi connectivity index (χ3n) is 1.94. The van der Waals surface area contributed by atoms with Gasteiger partial charge in [-0.05, 0) is 39.3 Å². The molecule has 98 valence electrons. The first-order valence-electron chi connectivity index (χ1n) is 5.39. The lowest BCUT2D eigenvalue weighted by atomic mass is 10.2. The van der Waals surface area contributed by atoms with E-state index in [9.17, 15) is 9.59 Å². The molecule has 1 rings (SSSR count). The molecule has 0 fully saturated rings. The van der Waals surface area contributed by atoms with Gasteiger partial charge in [0.2, 0.25) is 0 Å². The number of hydrogen-bond acceptors (Lipinski definition) is 4.